The van der Waals surface area contributed by atoms with Gasteiger partial charge in [0.1, 0.15) is 0 Å². The lowest BCUT2D eigenvalue weighted by atomic mass is 10.9. The molecule has 0 rings (SSSR count). The second kappa shape index (κ2) is 8.88. The molecule has 4 nitrogen and oxygen atoms in total. The quantitative estimate of drug-likeness (QED) is 0.269. The molecule has 0 aromatic heterocycles. The first-order valence-corrected chi connectivity index (χ1v) is 4.84. The molecule has 0 bridgehead atoms. The zero-order chi connectivity index (χ0) is 9.23. The monoisotopic (exact) mass is 192 g/mol. The van der Waals surface area contributed by atoms with Crippen molar-refractivity contribution >= 4 is 8.38 Å². The van der Waals surface area contributed by atoms with Crippen LogP contribution in [0, 0.1) is 0 Å². The van der Waals surface area contributed by atoms with Crippen molar-refractivity contribution in [1.29, 1.82) is 0 Å². The van der Waals surface area contributed by atoms with E-state index in [4.69, 9.17) is 9.35 Å². The molecule has 0 aliphatic rings. The van der Waals surface area contributed by atoms with Gasteiger partial charge in [-0.1, -0.05) is 6.58 Å². The zero-order valence-electron chi connectivity index (χ0n) is 7.28. The first kappa shape index (κ1) is 11.8. The molecule has 0 N–H and O–H groups in total. The van der Waals surface area contributed by atoms with Crippen molar-refractivity contribution in [2.24, 2.45) is 0 Å². The van der Waals surface area contributed by atoms with E-state index in [-0.39, 0.29) is 0 Å². The minimum absolute atomic E-state index is 0.458. The molecule has 0 radical (unpaired) electrons. The molecule has 0 aliphatic carbocycles. The maximum Gasteiger partial charge on any atom is 0.277 e. The second-order valence-electron chi connectivity index (χ2n) is 1.58. The van der Waals surface area contributed by atoms with E-state index in [2.05, 4.69) is 22.1 Å². The Hall–Kier alpha value is -0.210. The average Bonchev–Trinajstić information content (AvgIpc) is 2.10. The van der Waals surface area contributed by atoms with Crippen LogP contribution in [-0.4, -0.2) is 13.2 Å². The van der Waals surface area contributed by atoms with Crippen molar-refractivity contribution in [3.8, 4) is 0 Å². The van der Waals surface area contributed by atoms with Crippen LogP contribution in [0.15, 0.2) is 18.1 Å². The van der Waals surface area contributed by atoms with E-state index in [0.29, 0.717) is 13.2 Å². The lowest BCUT2D eigenvalue weighted by molar-refractivity contribution is -0.250. The topological polar surface area (TPSA) is 36.9 Å². The Morgan fingerprint density at radius 2 is 1.75 bits per heavy atom. The summed E-state index contributed by atoms with van der Waals surface area (Å²) in [7, 11) is -1.32. The summed E-state index contributed by atoms with van der Waals surface area (Å²) in [5.74, 6) is 1.51. The van der Waals surface area contributed by atoms with Crippen molar-refractivity contribution < 1.29 is 19.1 Å². The molecule has 0 fully saturated rings. The van der Waals surface area contributed by atoms with Gasteiger partial charge in [-0.3, -0.25) is 0 Å². The van der Waals surface area contributed by atoms with Crippen LogP contribution >= 0.6 is 8.38 Å². The predicted molar refractivity (Wildman–Crippen MR) is 46.1 cm³/mol. The molecule has 0 atom stereocenters. The van der Waals surface area contributed by atoms with E-state index in [0.717, 1.165) is 0 Å². The van der Waals surface area contributed by atoms with Crippen LogP contribution in [0.3, 0.4) is 0 Å². The molecule has 5 heteroatoms. The van der Waals surface area contributed by atoms with Crippen LogP contribution < -0.4 is 0 Å². The molecule has 0 amide bonds. The molecule has 0 aromatic carbocycles. The van der Waals surface area contributed by atoms with Gasteiger partial charge in [0.05, 0.1) is 13.2 Å². The molecule has 0 aromatic rings. The van der Waals surface area contributed by atoms with Crippen molar-refractivity contribution in [2.45, 2.75) is 13.8 Å². The average molecular weight is 192 g/mol. The van der Waals surface area contributed by atoms with Crippen molar-refractivity contribution in [2.75, 3.05) is 13.2 Å². The highest BCUT2D eigenvalue weighted by Gasteiger charge is 2.07. The van der Waals surface area contributed by atoms with E-state index in [1.165, 1.54) is 5.82 Å². The van der Waals surface area contributed by atoms with Gasteiger partial charge >= 0.3 is 0 Å². The standard InChI is InChI=1S/C7H13O4P/c1-4-7-12(10-8-5-2)11-9-6-3/h7H,1,5-6H2,2-3H3. The molecule has 12 heavy (non-hydrogen) atoms. The Bertz CT molecular complexity index is 136. The first-order chi connectivity index (χ1) is 5.85. The largest absolute Gasteiger partial charge is 0.277 e. The molecule has 0 unspecified atom stereocenters. The second-order valence-corrected chi connectivity index (χ2v) is 2.71. The van der Waals surface area contributed by atoms with Crippen molar-refractivity contribution in [3.63, 3.8) is 0 Å². The third-order valence-electron chi connectivity index (χ3n) is 0.685. The molecule has 0 heterocycles. The maximum absolute atomic E-state index is 4.79. The lowest BCUT2D eigenvalue weighted by Gasteiger charge is -2.08. The molecule has 0 saturated heterocycles. The maximum atomic E-state index is 4.79. The summed E-state index contributed by atoms with van der Waals surface area (Å²) in [4.78, 5) is 9.34. The summed E-state index contributed by atoms with van der Waals surface area (Å²) in [6.45, 7) is 7.92. The molecular weight excluding hydrogens is 179 g/mol. The first-order valence-electron chi connectivity index (χ1n) is 3.59. The Labute approximate surface area is 73.5 Å². The van der Waals surface area contributed by atoms with Gasteiger partial charge in [-0.2, -0.15) is 9.35 Å². The highest BCUT2D eigenvalue weighted by molar-refractivity contribution is 7.50. The van der Waals surface area contributed by atoms with Crippen molar-refractivity contribution in [1.82, 2.24) is 0 Å². The van der Waals surface area contributed by atoms with E-state index in [1.54, 1.807) is 0 Å². The SMILES string of the molecule is C=C=CP(OOCC)OOCC. The van der Waals surface area contributed by atoms with Crippen LogP contribution in [0.2, 0.25) is 0 Å². The molecule has 0 spiro atoms. The number of hydrogen-bond donors (Lipinski definition) is 0. The van der Waals surface area contributed by atoms with E-state index in [1.807, 2.05) is 13.8 Å². The highest BCUT2D eigenvalue weighted by Crippen LogP contribution is 2.39. The zero-order valence-corrected chi connectivity index (χ0v) is 8.17. The summed E-state index contributed by atoms with van der Waals surface area (Å²) in [5, 5.41) is 0. The van der Waals surface area contributed by atoms with Crippen LogP contribution in [-0.2, 0) is 19.1 Å². The third-order valence-corrected chi connectivity index (χ3v) is 1.58. The Morgan fingerprint density at radius 1 is 1.25 bits per heavy atom. The summed E-state index contributed by atoms with van der Waals surface area (Å²) in [6, 6.07) is 0. The molecule has 0 saturated carbocycles. The Morgan fingerprint density at radius 3 is 2.08 bits per heavy atom. The summed E-state index contributed by atoms with van der Waals surface area (Å²) >= 11 is 0. The van der Waals surface area contributed by atoms with Crippen LogP contribution in [0.4, 0.5) is 0 Å². The smallest absolute Gasteiger partial charge is 0.231 e. The van der Waals surface area contributed by atoms with Gasteiger partial charge in [0.15, 0.2) is 0 Å². The summed E-state index contributed by atoms with van der Waals surface area (Å²) < 4.78 is 9.59. The predicted octanol–water partition coefficient (Wildman–Crippen LogP) is 2.53. The van der Waals surface area contributed by atoms with Gasteiger partial charge < -0.3 is 0 Å². The van der Waals surface area contributed by atoms with Crippen LogP contribution in [0.1, 0.15) is 13.8 Å². The number of hydrogen-bond acceptors (Lipinski definition) is 4. The molecule has 70 valence electrons. The number of rotatable bonds is 7. The minimum atomic E-state index is -1.32. The molecular formula is C7H13O4P. The Balaban J connectivity index is 3.61. The molecule has 0 aliphatic heterocycles. The van der Waals surface area contributed by atoms with Gasteiger partial charge in [0.2, 0.25) is 0 Å². The minimum Gasteiger partial charge on any atom is -0.231 e. The Kier molecular flexibility index (Phi) is 8.73. The van der Waals surface area contributed by atoms with Gasteiger partial charge in [-0.25, -0.2) is 9.78 Å². The highest BCUT2D eigenvalue weighted by atomic mass is 31.2. The van der Waals surface area contributed by atoms with Gasteiger partial charge in [0, 0.05) is 5.82 Å². The van der Waals surface area contributed by atoms with Gasteiger partial charge in [0.25, 0.3) is 8.38 Å². The fraction of sp³-hybridized carbons (Fsp3) is 0.571. The van der Waals surface area contributed by atoms with E-state index in [9.17, 15) is 0 Å². The fourth-order valence-electron chi connectivity index (χ4n) is 0.339. The van der Waals surface area contributed by atoms with Crippen LogP contribution in [0.25, 0.3) is 0 Å². The summed E-state index contributed by atoms with van der Waals surface area (Å²) in [6.07, 6.45) is 0. The normalized spacial score (nSPS) is 9.92. The van der Waals surface area contributed by atoms with E-state index >= 15 is 0 Å². The van der Waals surface area contributed by atoms with Crippen molar-refractivity contribution in [3.05, 3.63) is 18.1 Å². The van der Waals surface area contributed by atoms with Gasteiger partial charge in [-0.05, 0) is 13.8 Å². The fourth-order valence-corrected chi connectivity index (χ4v) is 1.02. The summed E-state index contributed by atoms with van der Waals surface area (Å²) in [5.41, 5.74) is 2.53. The third kappa shape index (κ3) is 6.50. The van der Waals surface area contributed by atoms with Gasteiger partial charge in [-0.15, -0.1) is 5.73 Å². The lowest BCUT2D eigenvalue weighted by Crippen LogP contribution is -1.92. The van der Waals surface area contributed by atoms with Crippen LogP contribution in [0.5, 0.6) is 0 Å². The van der Waals surface area contributed by atoms with E-state index < -0.39 is 8.38 Å².